The van der Waals surface area contributed by atoms with Gasteiger partial charge in [0.05, 0.1) is 12.2 Å². The lowest BCUT2D eigenvalue weighted by Gasteiger charge is -2.05. The molecule has 0 radical (unpaired) electrons. The summed E-state index contributed by atoms with van der Waals surface area (Å²) < 4.78 is 7.38. The van der Waals surface area contributed by atoms with Crippen molar-refractivity contribution in [3.63, 3.8) is 0 Å². The van der Waals surface area contributed by atoms with Crippen LogP contribution in [-0.4, -0.2) is 27.1 Å². The SMILES string of the molecule is O=C([O-])c1ccc(/C=N\n2c(COc3ccc(Cl)cc3)n[nH]c2=S)cc1. The summed E-state index contributed by atoms with van der Waals surface area (Å²) in [5, 5.41) is 22.4. The van der Waals surface area contributed by atoms with Gasteiger partial charge in [-0.1, -0.05) is 35.9 Å². The van der Waals surface area contributed by atoms with Gasteiger partial charge in [0.1, 0.15) is 12.4 Å². The van der Waals surface area contributed by atoms with Crippen molar-refractivity contribution in [3.05, 3.63) is 75.3 Å². The Bertz CT molecular complexity index is 994. The van der Waals surface area contributed by atoms with Crippen molar-refractivity contribution < 1.29 is 14.6 Å². The number of halogens is 1. The second-order valence-electron chi connectivity index (χ2n) is 5.15. The smallest absolute Gasteiger partial charge is 0.216 e. The molecule has 0 bridgehead atoms. The van der Waals surface area contributed by atoms with Crippen LogP contribution in [0.2, 0.25) is 5.02 Å². The standard InChI is InChI=1S/C17H13ClN4O3S/c18-13-5-7-14(8-6-13)25-10-15-20-21-17(26)22(15)19-9-11-1-3-12(4-2-11)16(23)24/h1-9H,10H2,(H,21,26)(H,23,24)/p-1/b19-9-. The predicted octanol–water partition coefficient (Wildman–Crippen LogP) is 2.42. The molecule has 26 heavy (non-hydrogen) atoms. The molecule has 132 valence electrons. The van der Waals surface area contributed by atoms with Crippen LogP contribution in [0, 0.1) is 4.77 Å². The number of carboxylic acids is 1. The van der Waals surface area contributed by atoms with Crippen molar-refractivity contribution in [2.24, 2.45) is 5.10 Å². The molecule has 1 N–H and O–H groups in total. The molecule has 0 amide bonds. The normalized spacial score (nSPS) is 11.0. The van der Waals surface area contributed by atoms with Gasteiger partial charge in [-0.3, -0.25) is 0 Å². The number of aromatic carboxylic acids is 1. The first-order chi connectivity index (χ1) is 12.5. The molecule has 3 aromatic rings. The van der Waals surface area contributed by atoms with Gasteiger partial charge in [0.2, 0.25) is 4.77 Å². The molecule has 1 aromatic heterocycles. The number of rotatable bonds is 6. The van der Waals surface area contributed by atoms with Gasteiger partial charge in [-0.25, -0.2) is 5.10 Å². The van der Waals surface area contributed by atoms with E-state index in [4.69, 9.17) is 28.6 Å². The van der Waals surface area contributed by atoms with E-state index in [1.165, 1.54) is 23.0 Å². The Kier molecular flexibility index (Phi) is 5.45. The zero-order valence-corrected chi connectivity index (χ0v) is 14.8. The van der Waals surface area contributed by atoms with Crippen LogP contribution in [0.5, 0.6) is 5.75 Å². The minimum atomic E-state index is -1.23. The Morgan fingerprint density at radius 2 is 1.96 bits per heavy atom. The molecule has 0 fully saturated rings. The van der Waals surface area contributed by atoms with Crippen LogP contribution in [0.25, 0.3) is 0 Å². The Morgan fingerprint density at radius 1 is 1.27 bits per heavy atom. The van der Waals surface area contributed by atoms with Gasteiger partial charge in [-0.15, -0.1) is 0 Å². The molecule has 0 unspecified atom stereocenters. The highest BCUT2D eigenvalue weighted by atomic mass is 35.5. The summed E-state index contributed by atoms with van der Waals surface area (Å²) >= 11 is 11.0. The van der Waals surface area contributed by atoms with Crippen LogP contribution in [0.4, 0.5) is 0 Å². The predicted molar refractivity (Wildman–Crippen MR) is 97.0 cm³/mol. The molecule has 0 saturated carbocycles. The Morgan fingerprint density at radius 3 is 2.62 bits per heavy atom. The fraction of sp³-hybridized carbons (Fsp3) is 0.0588. The minimum Gasteiger partial charge on any atom is -0.545 e. The molecule has 0 spiro atoms. The summed E-state index contributed by atoms with van der Waals surface area (Å²) in [5.74, 6) is -0.114. The van der Waals surface area contributed by atoms with E-state index < -0.39 is 5.97 Å². The number of carbonyl (C=O) groups is 1. The highest BCUT2D eigenvalue weighted by Gasteiger charge is 2.06. The molecule has 9 heteroatoms. The van der Waals surface area contributed by atoms with E-state index in [2.05, 4.69) is 15.3 Å². The van der Waals surface area contributed by atoms with Crippen molar-refractivity contribution >= 4 is 36.0 Å². The maximum atomic E-state index is 10.8. The van der Waals surface area contributed by atoms with Crippen LogP contribution in [0.1, 0.15) is 21.7 Å². The number of aromatic nitrogens is 3. The average molecular weight is 388 g/mol. The number of nitrogens with one attached hydrogen (secondary N) is 1. The van der Waals surface area contributed by atoms with Crippen LogP contribution >= 0.6 is 23.8 Å². The third kappa shape index (κ3) is 4.35. The topological polar surface area (TPSA) is 95.3 Å². The molecular formula is C17H12ClN4O3S-. The van der Waals surface area contributed by atoms with Gasteiger partial charge < -0.3 is 14.6 Å². The van der Waals surface area contributed by atoms with Crippen LogP contribution < -0.4 is 9.84 Å². The summed E-state index contributed by atoms with van der Waals surface area (Å²) in [4.78, 5) is 10.8. The fourth-order valence-electron chi connectivity index (χ4n) is 2.05. The lowest BCUT2D eigenvalue weighted by Crippen LogP contribution is -2.21. The molecule has 0 aliphatic rings. The highest BCUT2D eigenvalue weighted by Crippen LogP contribution is 2.16. The monoisotopic (exact) mass is 387 g/mol. The number of carboxylic acid groups (broad SMARTS) is 1. The molecule has 1 heterocycles. The van der Waals surface area contributed by atoms with Gasteiger partial charge in [-0.05, 0) is 47.6 Å². The molecule has 7 nitrogen and oxygen atoms in total. The number of carbonyl (C=O) groups excluding carboxylic acids is 1. The third-order valence-electron chi connectivity index (χ3n) is 3.37. The summed E-state index contributed by atoms with van der Waals surface area (Å²) in [5.41, 5.74) is 0.793. The Hall–Kier alpha value is -2.97. The molecule has 2 aromatic carbocycles. The maximum Gasteiger partial charge on any atom is 0.216 e. The van der Waals surface area contributed by atoms with Gasteiger partial charge in [0, 0.05) is 5.02 Å². The lowest BCUT2D eigenvalue weighted by atomic mass is 10.1. The first-order valence-electron chi connectivity index (χ1n) is 7.43. The quantitative estimate of drug-likeness (QED) is 0.517. The molecular weight excluding hydrogens is 376 g/mol. The second kappa shape index (κ2) is 7.94. The average Bonchev–Trinajstić information content (AvgIpc) is 2.99. The zero-order valence-electron chi connectivity index (χ0n) is 13.3. The van der Waals surface area contributed by atoms with Crippen molar-refractivity contribution in [2.45, 2.75) is 6.61 Å². The van der Waals surface area contributed by atoms with Crippen molar-refractivity contribution in [2.75, 3.05) is 0 Å². The highest BCUT2D eigenvalue weighted by molar-refractivity contribution is 7.71. The molecule has 0 atom stereocenters. The number of benzene rings is 2. The number of hydrogen-bond acceptors (Lipinski definition) is 6. The van der Waals surface area contributed by atoms with Crippen molar-refractivity contribution in [3.8, 4) is 5.75 Å². The Balaban J connectivity index is 1.73. The van der Waals surface area contributed by atoms with E-state index in [1.807, 2.05) is 0 Å². The molecule has 3 rings (SSSR count). The van der Waals surface area contributed by atoms with E-state index in [1.54, 1.807) is 36.4 Å². The minimum absolute atomic E-state index is 0.0964. The lowest BCUT2D eigenvalue weighted by molar-refractivity contribution is -0.255. The second-order valence-corrected chi connectivity index (χ2v) is 5.98. The fourth-order valence-corrected chi connectivity index (χ4v) is 2.37. The third-order valence-corrected chi connectivity index (χ3v) is 3.88. The number of hydrogen-bond donors (Lipinski definition) is 1. The molecule has 0 aliphatic carbocycles. The molecule has 0 saturated heterocycles. The van der Waals surface area contributed by atoms with E-state index in [9.17, 15) is 9.90 Å². The maximum absolute atomic E-state index is 10.8. The number of nitrogens with zero attached hydrogens (tertiary/aromatic N) is 3. The number of ether oxygens (including phenoxy) is 1. The first kappa shape index (κ1) is 17.8. The molecule has 0 aliphatic heterocycles. The van der Waals surface area contributed by atoms with E-state index >= 15 is 0 Å². The van der Waals surface area contributed by atoms with Gasteiger partial charge in [0.25, 0.3) is 0 Å². The van der Waals surface area contributed by atoms with Crippen LogP contribution in [0.3, 0.4) is 0 Å². The van der Waals surface area contributed by atoms with Crippen LogP contribution in [-0.2, 0) is 6.61 Å². The summed E-state index contributed by atoms with van der Waals surface area (Å²) in [6.45, 7) is 0.149. The number of H-pyrrole nitrogens is 1. The summed E-state index contributed by atoms with van der Waals surface area (Å²) in [6.07, 6.45) is 1.54. The zero-order chi connectivity index (χ0) is 18.5. The summed E-state index contributed by atoms with van der Waals surface area (Å²) in [6, 6.07) is 13.0. The van der Waals surface area contributed by atoms with E-state index in [0.29, 0.717) is 26.9 Å². The van der Waals surface area contributed by atoms with Gasteiger partial charge >= 0.3 is 0 Å². The largest absolute Gasteiger partial charge is 0.545 e. The number of aromatic amines is 1. The first-order valence-corrected chi connectivity index (χ1v) is 8.22. The summed E-state index contributed by atoms with van der Waals surface area (Å²) in [7, 11) is 0. The van der Waals surface area contributed by atoms with E-state index in [0.717, 1.165) is 0 Å². The Labute approximate surface area is 158 Å². The van der Waals surface area contributed by atoms with Crippen LogP contribution in [0.15, 0.2) is 53.6 Å². The van der Waals surface area contributed by atoms with Gasteiger partial charge in [-0.2, -0.15) is 14.9 Å². The van der Waals surface area contributed by atoms with Crippen molar-refractivity contribution in [1.29, 1.82) is 0 Å². The van der Waals surface area contributed by atoms with Crippen molar-refractivity contribution in [1.82, 2.24) is 14.9 Å². The van der Waals surface area contributed by atoms with Gasteiger partial charge in [0.15, 0.2) is 5.82 Å². The van der Waals surface area contributed by atoms with E-state index in [-0.39, 0.29) is 12.2 Å².